The topological polar surface area (TPSA) is 29.9 Å². The summed E-state index contributed by atoms with van der Waals surface area (Å²) in [5.41, 5.74) is 2.89. The van der Waals surface area contributed by atoms with E-state index >= 15 is 0 Å². The third-order valence-electron chi connectivity index (χ3n) is 3.39. The maximum Gasteiger partial charge on any atom is 0.390 e. The molecule has 116 valence electrons. The fraction of sp³-hybridized carbons (Fsp3) is 0.786. The lowest BCUT2D eigenvalue weighted by molar-refractivity contribution is -0.137. The monoisotopic (exact) mass is 291 g/mol. The number of aryl methyl sites for hydroxylation is 2. The van der Waals surface area contributed by atoms with Gasteiger partial charge in [-0.15, -0.1) is 0 Å². The minimum atomic E-state index is -4.14. The van der Waals surface area contributed by atoms with Crippen LogP contribution >= 0.6 is 0 Å². The molecular weight excluding hydrogens is 267 g/mol. The number of nitrogens with one attached hydrogen (secondary N) is 1. The Kier molecular flexibility index (Phi) is 6.05. The molecule has 0 saturated heterocycles. The summed E-state index contributed by atoms with van der Waals surface area (Å²) in [6.07, 6.45) is -3.55. The van der Waals surface area contributed by atoms with Crippen molar-refractivity contribution in [1.82, 2.24) is 15.1 Å². The normalized spacial score (nSPS) is 13.8. The van der Waals surface area contributed by atoms with E-state index in [1.54, 1.807) is 0 Å². The number of alkyl halides is 3. The number of hydrogen-bond acceptors (Lipinski definition) is 2. The molecule has 0 aromatic carbocycles. The van der Waals surface area contributed by atoms with Crippen molar-refractivity contribution in [2.45, 2.75) is 65.7 Å². The Bertz CT molecular complexity index is 424. The highest BCUT2D eigenvalue weighted by atomic mass is 19.4. The van der Waals surface area contributed by atoms with Crippen molar-refractivity contribution >= 4 is 0 Å². The average molecular weight is 291 g/mol. The van der Waals surface area contributed by atoms with Crippen LogP contribution in [0.3, 0.4) is 0 Å². The molecule has 1 N–H and O–H groups in total. The Morgan fingerprint density at radius 3 is 2.30 bits per heavy atom. The van der Waals surface area contributed by atoms with Crippen LogP contribution < -0.4 is 5.32 Å². The van der Waals surface area contributed by atoms with E-state index < -0.39 is 12.6 Å². The minimum Gasteiger partial charge on any atom is -0.310 e. The number of halogens is 3. The molecule has 0 amide bonds. The second-order valence-electron chi connectivity index (χ2n) is 4.88. The first-order chi connectivity index (χ1) is 9.34. The fourth-order valence-corrected chi connectivity index (χ4v) is 2.53. The van der Waals surface area contributed by atoms with Crippen molar-refractivity contribution in [3.8, 4) is 0 Å². The molecule has 1 atom stereocenters. The summed E-state index contributed by atoms with van der Waals surface area (Å²) >= 11 is 0. The number of hydrogen-bond donors (Lipinski definition) is 1. The van der Waals surface area contributed by atoms with Crippen molar-refractivity contribution in [2.24, 2.45) is 0 Å². The summed E-state index contributed by atoms with van der Waals surface area (Å²) in [4.78, 5) is 0. The van der Waals surface area contributed by atoms with Gasteiger partial charge in [-0.1, -0.05) is 20.8 Å². The molecular formula is C14H24F3N3. The summed E-state index contributed by atoms with van der Waals surface area (Å²) in [6, 6.07) is 0.115. The fourth-order valence-electron chi connectivity index (χ4n) is 2.53. The largest absolute Gasteiger partial charge is 0.390 e. The predicted octanol–water partition coefficient (Wildman–Crippen LogP) is 3.63. The van der Waals surface area contributed by atoms with Crippen molar-refractivity contribution in [3.05, 3.63) is 17.0 Å². The van der Waals surface area contributed by atoms with Gasteiger partial charge in [0.2, 0.25) is 0 Å². The highest BCUT2D eigenvalue weighted by Gasteiger charge is 2.28. The van der Waals surface area contributed by atoms with Crippen molar-refractivity contribution in [3.63, 3.8) is 0 Å². The molecule has 3 nitrogen and oxygen atoms in total. The molecule has 0 fully saturated rings. The molecule has 0 bridgehead atoms. The molecule has 0 aliphatic rings. The zero-order valence-corrected chi connectivity index (χ0v) is 12.6. The van der Waals surface area contributed by atoms with Gasteiger partial charge in [-0.25, -0.2) is 0 Å². The van der Waals surface area contributed by atoms with Gasteiger partial charge in [-0.3, -0.25) is 4.68 Å². The molecule has 0 spiro atoms. The van der Waals surface area contributed by atoms with Crippen LogP contribution in [0.5, 0.6) is 0 Å². The number of rotatable bonds is 7. The van der Waals surface area contributed by atoms with Crippen LogP contribution in [0.2, 0.25) is 0 Å². The summed E-state index contributed by atoms with van der Waals surface area (Å²) in [5.74, 6) is 0. The lowest BCUT2D eigenvalue weighted by Crippen LogP contribution is -2.20. The molecule has 1 aromatic heterocycles. The molecule has 6 heteroatoms. The van der Waals surface area contributed by atoms with Crippen LogP contribution in [0.4, 0.5) is 13.2 Å². The van der Waals surface area contributed by atoms with Crippen molar-refractivity contribution < 1.29 is 13.2 Å². The quantitative estimate of drug-likeness (QED) is 0.831. The highest BCUT2D eigenvalue weighted by Crippen LogP contribution is 2.26. The lowest BCUT2D eigenvalue weighted by Gasteiger charge is -2.15. The van der Waals surface area contributed by atoms with Crippen LogP contribution in [0.25, 0.3) is 0 Å². The molecule has 0 aliphatic carbocycles. The van der Waals surface area contributed by atoms with Crippen LogP contribution in [0.1, 0.15) is 57.1 Å². The zero-order valence-electron chi connectivity index (χ0n) is 12.6. The van der Waals surface area contributed by atoms with E-state index in [0.29, 0.717) is 6.42 Å². The van der Waals surface area contributed by atoms with E-state index in [-0.39, 0.29) is 12.6 Å². The van der Waals surface area contributed by atoms with Crippen LogP contribution in [-0.4, -0.2) is 22.5 Å². The molecule has 0 radical (unpaired) electrons. The Morgan fingerprint density at radius 2 is 1.85 bits per heavy atom. The van der Waals surface area contributed by atoms with E-state index in [2.05, 4.69) is 10.4 Å². The molecule has 0 aliphatic heterocycles. The second-order valence-corrected chi connectivity index (χ2v) is 4.88. The Morgan fingerprint density at radius 1 is 1.20 bits per heavy atom. The van der Waals surface area contributed by atoms with Gasteiger partial charge in [-0.05, 0) is 26.3 Å². The van der Waals surface area contributed by atoms with Gasteiger partial charge in [0, 0.05) is 23.8 Å². The summed E-state index contributed by atoms with van der Waals surface area (Å²) in [5, 5.41) is 7.70. The predicted molar refractivity (Wildman–Crippen MR) is 73.7 cm³/mol. The average Bonchev–Trinajstić information content (AvgIpc) is 2.73. The second kappa shape index (κ2) is 7.11. The molecule has 1 rings (SSSR count). The van der Waals surface area contributed by atoms with Gasteiger partial charge in [-0.2, -0.15) is 18.3 Å². The minimum absolute atomic E-state index is 0.0987. The Balaban J connectivity index is 3.07. The van der Waals surface area contributed by atoms with Gasteiger partial charge in [0.15, 0.2) is 0 Å². The molecule has 1 aromatic rings. The summed E-state index contributed by atoms with van der Waals surface area (Å²) in [7, 11) is 0. The third-order valence-corrected chi connectivity index (χ3v) is 3.39. The smallest absolute Gasteiger partial charge is 0.310 e. The van der Waals surface area contributed by atoms with Crippen LogP contribution in [0.15, 0.2) is 0 Å². The summed E-state index contributed by atoms with van der Waals surface area (Å²) < 4.78 is 38.7. The number of aromatic nitrogens is 2. The van der Waals surface area contributed by atoms with Crippen LogP contribution in [-0.2, 0) is 19.4 Å². The Hall–Kier alpha value is -1.04. The van der Waals surface area contributed by atoms with E-state index in [1.165, 1.54) is 4.68 Å². The Labute approximate surface area is 118 Å². The van der Waals surface area contributed by atoms with E-state index in [0.717, 1.165) is 29.9 Å². The molecule has 0 saturated carbocycles. The number of nitrogens with zero attached hydrogens (tertiary/aromatic N) is 2. The van der Waals surface area contributed by atoms with Crippen molar-refractivity contribution in [2.75, 3.05) is 6.54 Å². The summed E-state index contributed by atoms with van der Waals surface area (Å²) in [6.45, 7) is 8.72. The molecule has 1 unspecified atom stereocenters. The first-order valence-electron chi connectivity index (χ1n) is 7.22. The van der Waals surface area contributed by atoms with Gasteiger partial charge >= 0.3 is 6.18 Å². The van der Waals surface area contributed by atoms with Crippen LogP contribution in [0, 0.1) is 0 Å². The SMILES string of the molecule is CCNC(C)c1c(CC)nn(CCC(F)(F)F)c1CC. The van der Waals surface area contributed by atoms with E-state index in [1.807, 2.05) is 27.7 Å². The lowest BCUT2D eigenvalue weighted by atomic mass is 10.0. The first-order valence-corrected chi connectivity index (χ1v) is 7.22. The molecule has 20 heavy (non-hydrogen) atoms. The van der Waals surface area contributed by atoms with Crippen molar-refractivity contribution in [1.29, 1.82) is 0 Å². The van der Waals surface area contributed by atoms with E-state index in [4.69, 9.17) is 0 Å². The zero-order chi connectivity index (χ0) is 15.3. The standard InChI is InChI=1S/C14H24F3N3/c1-5-11-13(10(4)18-7-3)12(6-2)20(19-11)9-8-14(15,16)17/h10,18H,5-9H2,1-4H3. The molecule has 1 heterocycles. The third kappa shape index (κ3) is 4.23. The van der Waals surface area contributed by atoms with Gasteiger partial charge < -0.3 is 5.32 Å². The highest BCUT2D eigenvalue weighted by molar-refractivity contribution is 5.30. The van der Waals surface area contributed by atoms with Gasteiger partial charge in [0.05, 0.1) is 12.1 Å². The van der Waals surface area contributed by atoms with Gasteiger partial charge in [0.1, 0.15) is 0 Å². The maximum absolute atomic E-state index is 12.4. The maximum atomic E-state index is 12.4. The van der Waals surface area contributed by atoms with Gasteiger partial charge in [0.25, 0.3) is 0 Å². The first kappa shape index (κ1) is 17.0. The van der Waals surface area contributed by atoms with E-state index in [9.17, 15) is 13.2 Å².